The number of benzene rings is 3. The molecule has 0 N–H and O–H groups in total. The normalized spacial score (nSPS) is 16.7. The van der Waals surface area contributed by atoms with Gasteiger partial charge in [0.05, 0.1) is 0 Å². The Morgan fingerprint density at radius 1 is 0.769 bits per heavy atom. The van der Waals surface area contributed by atoms with Crippen molar-refractivity contribution in [2.45, 2.75) is 57.8 Å². The Morgan fingerprint density at radius 3 is 2.35 bits per heavy atom. The van der Waals surface area contributed by atoms with Gasteiger partial charge in [0.1, 0.15) is 0 Å². The summed E-state index contributed by atoms with van der Waals surface area (Å²) in [4.78, 5) is 0. The van der Waals surface area contributed by atoms with Crippen LogP contribution in [0, 0.1) is 5.92 Å². The van der Waals surface area contributed by atoms with Crippen LogP contribution in [0.2, 0.25) is 0 Å². The van der Waals surface area contributed by atoms with Gasteiger partial charge < -0.3 is 0 Å². The van der Waals surface area contributed by atoms with Crippen molar-refractivity contribution < 1.29 is 0 Å². The highest BCUT2D eigenvalue weighted by Gasteiger charge is 2.19. The highest BCUT2D eigenvalue weighted by atomic mass is 14.2. The summed E-state index contributed by atoms with van der Waals surface area (Å²) in [5.74, 6) is 1.59. The van der Waals surface area contributed by atoms with Gasteiger partial charge in [0.15, 0.2) is 0 Å². The Morgan fingerprint density at radius 2 is 1.46 bits per heavy atom. The topological polar surface area (TPSA) is 0 Å². The van der Waals surface area contributed by atoms with E-state index in [1.807, 2.05) is 0 Å². The first-order valence-corrected chi connectivity index (χ1v) is 10.4. The lowest BCUT2D eigenvalue weighted by Gasteiger charge is -2.26. The fourth-order valence-electron chi connectivity index (χ4n) is 4.88. The molecule has 0 amide bonds. The molecule has 0 heterocycles. The minimum absolute atomic E-state index is 0.657. The Bertz CT molecular complexity index is 849. The first-order valence-electron chi connectivity index (χ1n) is 10.4. The van der Waals surface area contributed by atoms with Crippen molar-refractivity contribution in [2.75, 3.05) is 0 Å². The second-order valence-electron chi connectivity index (χ2n) is 8.15. The lowest BCUT2D eigenvalue weighted by molar-refractivity contribution is 0.322. The van der Waals surface area contributed by atoms with E-state index in [1.165, 1.54) is 60.4 Å². The van der Waals surface area contributed by atoms with Crippen molar-refractivity contribution in [1.29, 1.82) is 0 Å². The predicted molar refractivity (Wildman–Crippen MR) is 113 cm³/mol. The molecular formula is C26H30. The number of rotatable bonds is 5. The van der Waals surface area contributed by atoms with Gasteiger partial charge in [-0.15, -0.1) is 0 Å². The van der Waals surface area contributed by atoms with E-state index in [1.54, 1.807) is 5.56 Å². The molecule has 26 heavy (non-hydrogen) atoms. The van der Waals surface area contributed by atoms with Gasteiger partial charge in [-0.1, -0.05) is 106 Å². The molecule has 3 aromatic rings. The summed E-state index contributed by atoms with van der Waals surface area (Å²) in [6, 6.07) is 24.6. The van der Waals surface area contributed by atoms with Crippen LogP contribution in [0.25, 0.3) is 10.8 Å². The van der Waals surface area contributed by atoms with Crippen LogP contribution in [-0.4, -0.2) is 0 Å². The average Bonchev–Trinajstić information content (AvgIpc) is 2.69. The van der Waals surface area contributed by atoms with E-state index in [0.29, 0.717) is 5.92 Å². The van der Waals surface area contributed by atoms with Crippen LogP contribution in [0.3, 0.4) is 0 Å². The number of fused-ring (bicyclic) bond motifs is 1. The molecule has 0 aliphatic heterocycles. The smallest absolute Gasteiger partial charge is 0.00168 e. The molecule has 1 aliphatic rings. The van der Waals surface area contributed by atoms with Crippen LogP contribution in [-0.2, 0) is 6.42 Å². The van der Waals surface area contributed by atoms with E-state index in [2.05, 4.69) is 73.7 Å². The second-order valence-corrected chi connectivity index (χ2v) is 8.15. The average molecular weight is 343 g/mol. The molecule has 0 nitrogen and oxygen atoms in total. The highest BCUT2D eigenvalue weighted by molar-refractivity contribution is 5.85. The summed E-state index contributed by atoms with van der Waals surface area (Å²) in [5.41, 5.74) is 4.51. The monoisotopic (exact) mass is 342 g/mol. The number of hydrogen-bond acceptors (Lipinski definition) is 0. The third-order valence-corrected chi connectivity index (χ3v) is 6.26. The molecule has 0 aromatic heterocycles. The summed E-state index contributed by atoms with van der Waals surface area (Å²) in [6.07, 6.45) is 9.59. The van der Waals surface area contributed by atoms with Gasteiger partial charge in [-0.25, -0.2) is 0 Å². The minimum atomic E-state index is 0.657. The van der Waals surface area contributed by atoms with Crippen molar-refractivity contribution >= 4 is 10.8 Å². The zero-order valence-corrected chi connectivity index (χ0v) is 16.0. The van der Waals surface area contributed by atoms with Crippen molar-refractivity contribution in [3.8, 4) is 0 Å². The Balaban J connectivity index is 1.59. The molecule has 0 spiro atoms. The second kappa shape index (κ2) is 8.08. The summed E-state index contributed by atoms with van der Waals surface area (Å²) in [7, 11) is 0. The van der Waals surface area contributed by atoms with Crippen LogP contribution in [0.5, 0.6) is 0 Å². The van der Waals surface area contributed by atoms with Crippen LogP contribution < -0.4 is 0 Å². The molecule has 1 aliphatic carbocycles. The fraction of sp³-hybridized carbons (Fsp3) is 0.385. The lowest BCUT2D eigenvalue weighted by atomic mass is 9.80. The van der Waals surface area contributed by atoms with Gasteiger partial charge in [-0.05, 0) is 52.1 Å². The lowest BCUT2D eigenvalue weighted by Crippen LogP contribution is -2.11. The molecule has 0 saturated heterocycles. The number of hydrogen-bond donors (Lipinski definition) is 0. The van der Waals surface area contributed by atoms with Crippen LogP contribution in [0.15, 0.2) is 66.7 Å². The molecular weight excluding hydrogens is 312 g/mol. The maximum Gasteiger partial charge on any atom is -0.00168 e. The molecule has 4 rings (SSSR count). The molecule has 1 saturated carbocycles. The third-order valence-electron chi connectivity index (χ3n) is 6.26. The molecule has 1 unspecified atom stereocenters. The van der Waals surface area contributed by atoms with Gasteiger partial charge in [-0.3, -0.25) is 0 Å². The highest BCUT2D eigenvalue weighted by Crippen LogP contribution is 2.34. The van der Waals surface area contributed by atoms with Gasteiger partial charge in [-0.2, -0.15) is 0 Å². The molecule has 134 valence electrons. The summed E-state index contributed by atoms with van der Waals surface area (Å²) in [5, 5.41) is 2.74. The van der Waals surface area contributed by atoms with Gasteiger partial charge in [0.2, 0.25) is 0 Å². The SMILES string of the molecule is CC(CC1CCCCC1)c1ccccc1Cc1cccc2ccccc12. The summed E-state index contributed by atoms with van der Waals surface area (Å²) < 4.78 is 0. The van der Waals surface area contributed by atoms with Gasteiger partial charge >= 0.3 is 0 Å². The van der Waals surface area contributed by atoms with E-state index >= 15 is 0 Å². The van der Waals surface area contributed by atoms with E-state index < -0.39 is 0 Å². The quantitative estimate of drug-likeness (QED) is 0.450. The van der Waals surface area contributed by atoms with Crippen LogP contribution in [0.4, 0.5) is 0 Å². The van der Waals surface area contributed by atoms with Crippen molar-refractivity contribution in [2.24, 2.45) is 5.92 Å². The Hall–Kier alpha value is -2.08. The van der Waals surface area contributed by atoms with Crippen molar-refractivity contribution in [3.63, 3.8) is 0 Å². The van der Waals surface area contributed by atoms with Crippen LogP contribution >= 0.6 is 0 Å². The van der Waals surface area contributed by atoms with Crippen LogP contribution in [0.1, 0.15) is 68.1 Å². The molecule has 0 bridgehead atoms. The fourth-order valence-corrected chi connectivity index (χ4v) is 4.88. The summed E-state index contributed by atoms with van der Waals surface area (Å²) >= 11 is 0. The first-order chi connectivity index (χ1) is 12.8. The largest absolute Gasteiger partial charge is 0.0620 e. The van der Waals surface area contributed by atoms with E-state index in [4.69, 9.17) is 0 Å². The van der Waals surface area contributed by atoms with Crippen molar-refractivity contribution in [1.82, 2.24) is 0 Å². The molecule has 1 atom stereocenters. The standard InChI is InChI=1S/C26H30/c1-20(18-21-10-3-2-4-11-21)25-16-7-6-13-23(25)19-24-15-9-14-22-12-5-8-17-26(22)24/h5-9,12-17,20-21H,2-4,10-11,18-19H2,1H3. The first kappa shape index (κ1) is 17.3. The maximum atomic E-state index is 2.44. The summed E-state index contributed by atoms with van der Waals surface area (Å²) in [6.45, 7) is 2.44. The third kappa shape index (κ3) is 3.85. The Labute approximate surface area is 158 Å². The van der Waals surface area contributed by atoms with E-state index in [0.717, 1.165) is 12.3 Å². The molecule has 0 heteroatoms. The van der Waals surface area contributed by atoms with Gasteiger partial charge in [0.25, 0.3) is 0 Å². The van der Waals surface area contributed by atoms with E-state index in [9.17, 15) is 0 Å². The zero-order chi connectivity index (χ0) is 17.8. The van der Waals surface area contributed by atoms with Crippen molar-refractivity contribution in [3.05, 3.63) is 83.4 Å². The Kier molecular flexibility index (Phi) is 5.39. The van der Waals surface area contributed by atoms with Gasteiger partial charge in [0, 0.05) is 0 Å². The maximum absolute atomic E-state index is 2.44. The molecule has 3 aromatic carbocycles. The molecule has 0 radical (unpaired) electrons. The minimum Gasteiger partial charge on any atom is -0.0620 e. The zero-order valence-electron chi connectivity index (χ0n) is 16.0. The van der Waals surface area contributed by atoms with E-state index in [-0.39, 0.29) is 0 Å². The molecule has 1 fully saturated rings. The predicted octanol–water partition coefficient (Wildman–Crippen LogP) is 7.50.